The van der Waals surface area contributed by atoms with Gasteiger partial charge in [-0.1, -0.05) is 19.4 Å². The first kappa shape index (κ1) is 19.2. The maximum Gasteiger partial charge on any atom is 0.229 e. The van der Waals surface area contributed by atoms with Gasteiger partial charge in [-0.2, -0.15) is 0 Å². The molecule has 1 unspecified atom stereocenters. The van der Waals surface area contributed by atoms with E-state index in [9.17, 15) is 14.0 Å². The Bertz CT molecular complexity index is 731. The van der Waals surface area contributed by atoms with Gasteiger partial charge in [0.05, 0.1) is 11.8 Å². The Kier molecular flexibility index (Phi) is 4.60. The molecule has 7 atom stereocenters. The lowest BCUT2D eigenvalue weighted by atomic mass is 9.46. The summed E-state index contributed by atoms with van der Waals surface area (Å²) >= 11 is 5.46. The van der Waals surface area contributed by atoms with E-state index in [1.54, 1.807) is 6.08 Å². The van der Waals surface area contributed by atoms with Gasteiger partial charge in [0.1, 0.15) is 0 Å². The first-order chi connectivity index (χ1) is 12.7. The number of rotatable bonds is 2. The number of ether oxygens (including phenoxy) is 1. The van der Waals surface area contributed by atoms with Gasteiger partial charge in [0.2, 0.25) is 6.86 Å². The summed E-state index contributed by atoms with van der Waals surface area (Å²) in [5.74, 6) is 1.79. The van der Waals surface area contributed by atoms with Gasteiger partial charge < -0.3 is 4.74 Å². The van der Waals surface area contributed by atoms with Crippen LogP contribution in [-0.2, 0) is 14.3 Å². The molecule has 3 saturated carbocycles. The number of carbonyl (C=O) groups is 2. The predicted octanol–water partition coefficient (Wildman–Crippen LogP) is 4.83. The van der Waals surface area contributed by atoms with Gasteiger partial charge in [-0.05, 0) is 86.4 Å². The lowest BCUT2D eigenvalue weighted by molar-refractivity contribution is -0.139. The molecule has 0 saturated heterocycles. The number of fused-ring (bicyclic) bond motifs is 5. The number of allylic oxidation sites excluding steroid dienone is 1. The maximum absolute atomic E-state index is 13.0. The molecule has 27 heavy (non-hydrogen) atoms. The summed E-state index contributed by atoms with van der Waals surface area (Å²) in [6, 6.07) is 0. The Hall–Kier alpha value is -1.10. The van der Waals surface area contributed by atoms with Crippen molar-refractivity contribution in [3.63, 3.8) is 0 Å². The Morgan fingerprint density at radius 3 is 2.74 bits per heavy atom. The van der Waals surface area contributed by atoms with Crippen LogP contribution in [0.5, 0.6) is 0 Å². The zero-order chi connectivity index (χ0) is 19.6. The van der Waals surface area contributed by atoms with E-state index in [0.29, 0.717) is 28.7 Å². The summed E-state index contributed by atoms with van der Waals surface area (Å²) in [5.41, 5.74) is 0.598. The highest BCUT2D eigenvalue weighted by Crippen LogP contribution is 2.67. The molecule has 0 aromatic rings. The Morgan fingerprint density at radius 1 is 1.30 bits per heavy atom. The van der Waals surface area contributed by atoms with Gasteiger partial charge in [-0.25, -0.2) is 4.39 Å². The van der Waals surface area contributed by atoms with E-state index in [1.807, 2.05) is 0 Å². The molecule has 3 nitrogen and oxygen atoms in total. The van der Waals surface area contributed by atoms with E-state index in [2.05, 4.69) is 20.8 Å². The van der Waals surface area contributed by atoms with Crippen LogP contribution in [0.4, 0.5) is 4.39 Å². The second-order valence-corrected chi connectivity index (χ2v) is 10.1. The number of carbonyl (C=O) groups excluding carboxylic acids is 2. The molecule has 0 bridgehead atoms. The summed E-state index contributed by atoms with van der Waals surface area (Å²) in [6.45, 7) is 5.73. The minimum absolute atomic E-state index is 0.0119. The third-order valence-corrected chi connectivity index (χ3v) is 9.01. The number of thiocarbonyl (C=S) groups is 1. The van der Waals surface area contributed by atoms with Crippen LogP contribution in [-0.4, -0.2) is 23.5 Å². The largest absolute Gasteiger partial charge is 0.456 e. The molecule has 0 aliphatic heterocycles. The number of ketones is 2. The molecule has 0 spiro atoms. The number of hydrogen-bond donors (Lipinski definition) is 0. The standard InChI is InChI=1S/C22H29FO3S/c1-12-8-17-15-5-4-13-9-14(24)10-18(25)22(13,3)16(15)6-7-21(17,2)19(12)20(27)26-11-23/h9,12,15-17,19H,4-8,10-11H2,1-3H3/t12?,15-,16+,17+,19-,21+,22+/m1/s1. The second kappa shape index (κ2) is 6.47. The van der Waals surface area contributed by atoms with Crippen molar-refractivity contribution in [3.05, 3.63) is 11.6 Å². The van der Waals surface area contributed by atoms with E-state index in [0.717, 1.165) is 37.7 Å². The Labute approximate surface area is 166 Å². The van der Waals surface area contributed by atoms with Gasteiger partial charge >= 0.3 is 0 Å². The van der Waals surface area contributed by atoms with Crippen LogP contribution in [0.15, 0.2) is 11.6 Å². The third-order valence-electron chi connectivity index (χ3n) is 8.64. The lowest BCUT2D eigenvalue weighted by Gasteiger charge is -2.57. The molecule has 0 N–H and O–H groups in total. The Morgan fingerprint density at radius 2 is 2.04 bits per heavy atom. The smallest absolute Gasteiger partial charge is 0.229 e. The van der Waals surface area contributed by atoms with Crippen molar-refractivity contribution >= 4 is 28.8 Å². The summed E-state index contributed by atoms with van der Waals surface area (Å²) < 4.78 is 17.9. The molecular weight excluding hydrogens is 363 g/mol. The average Bonchev–Trinajstić information content (AvgIpc) is 2.87. The maximum atomic E-state index is 13.0. The molecule has 0 aromatic heterocycles. The van der Waals surface area contributed by atoms with Crippen molar-refractivity contribution in [1.29, 1.82) is 0 Å². The molecule has 4 rings (SSSR count). The van der Waals surface area contributed by atoms with Gasteiger partial charge in [-0.3, -0.25) is 9.59 Å². The molecule has 5 heteroatoms. The molecule has 4 aliphatic carbocycles. The molecule has 4 aliphatic rings. The fraction of sp³-hybridized carbons (Fsp3) is 0.773. The molecular formula is C22H29FO3S. The van der Waals surface area contributed by atoms with Crippen molar-refractivity contribution in [2.75, 3.05) is 6.86 Å². The van der Waals surface area contributed by atoms with Gasteiger partial charge in [-0.15, -0.1) is 0 Å². The van der Waals surface area contributed by atoms with Crippen molar-refractivity contribution in [2.45, 2.75) is 59.3 Å². The molecule has 148 valence electrons. The first-order valence-electron chi connectivity index (χ1n) is 10.2. The van der Waals surface area contributed by atoms with Gasteiger partial charge in [0.15, 0.2) is 16.6 Å². The van der Waals surface area contributed by atoms with Crippen molar-refractivity contribution in [3.8, 4) is 0 Å². The zero-order valence-corrected chi connectivity index (χ0v) is 17.2. The quantitative estimate of drug-likeness (QED) is 0.499. The fourth-order valence-electron chi connectivity index (χ4n) is 7.43. The SMILES string of the molecule is CC1C[C@H]2[C@@H]3CCC4=CC(=O)CC(=O)[C@]4(C)[C@H]3CC[C@]2(C)[C@H]1C(=S)OCF. The van der Waals surface area contributed by atoms with Crippen LogP contribution in [0.3, 0.4) is 0 Å². The molecule has 0 amide bonds. The average molecular weight is 393 g/mol. The van der Waals surface area contributed by atoms with Crippen molar-refractivity contribution in [1.82, 2.24) is 0 Å². The minimum atomic E-state index is -0.858. The third kappa shape index (κ3) is 2.60. The topological polar surface area (TPSA) is 43.4 Å². The molecule has 0 heterocycles. The van der Waals surface area contributed by atoms with E-state index in [-0.39, 0.29) is 29.3 Å². The summed E-state index contributed by atoms with van der Waals surface area (Å²) in [6.07, 6.45) is 6.69. The number of hydrogen-bond acceptors (Lipinski definition) is 4. The molecule has 0 aromatic carbocycles. The van der Waals surface area contributed by atoms with Crippen LogP contribution in [0.1, 0.15) is 59.3 Å². The van der Waals surface area contributed by atoms with Crippen molar-refractivity contribution in [2.24, 2.45) is 40.4 Å². The highest BCUT2D eigenvalue weighted by atomic mass is 32.1. The van der Waals surface area contributed by atoms with Crippen LogP contribution in [0, 0.1) is 40.4 Å². The molecule has 3 fully saturated rings. The van der Waals surface area contributed by atoms with Crippen LogP contribution < -0.4 is 0 Å². The number of Topliss-reactive ketones (excluding diaryl/α,β-unsaturated/α-hetero) is 1. The van der Waals surface area contributed by atoms with Crippen LogP contribution in [0.2, 0.25) is 0 Å². The normalized spacial score (nSPS) is 46.2. The fourth-order valence-corrected chi connectivity index (χ4v) is 7.98. The zero-order valence-electron chi connectivity index (χ0n) is 16.4. The van der Waals surface area contributed by atoms with E-state index < -0.39 is 12.3 Å². The van der Waals surface area contributed by atoms with Gasteiger partial charge in [0, 0.05) is 5.92 Å². The Balaban J connectivity index is 1.68. The van der Waals surface area contributed by atoms with Crippen LogP contribution >= 0.6 is 12.2 Å². The number of halogens is 1. The van der Waals surface area contributed by atoms with E-state index >= 15 is 0 Å². The van der Waals surface area contributed by atoms with Crippen molar-refractivity contribution < 1.29 is 18.7 Å². The summed E-state index contributed by atoms with van der Waals surface area (Å²) in [7, 11) is 0. The van der Waals surface area contributed by atoms with Crippen LogP contribution in [0.25, 0.3) is 0 Å². The number of alkyl halides is 1. The molecule has 0 radical (unpaired) electrons. The highest BCUT2D eigenvalue weighted by Gasteiger charge is 2.63. The summed E-state index contributed by atoms with van der Waals surface area (Å²) in [4.78, 5) is 24.9. The highest BCUT2D eigenvalue weighted by molar-refractivity contribution is 7.80. The van der Waals surface area contributed by atoms with Gasteiger partial charge in [0.25, 0.3) is 0 Å². The van der Waals surface area contributed by atoms with E-state index in [1.165, 1.54) is 0 Å². The first-order valence-corrected chi connectivity index (χ1v) is 10.6. The second-order valence-electron chi connectivity index (χ2n) is 9.66. The lowest BCUT2D eigenvalue weighted by Crippen LogP contribution is -2.54. The minimum Gasteiger partial charge on any atom is -0.456 e. The monoisotopic (exact) mass is 392 g/mol. The predicted molar refractivity (Wildman–Crippen MR) is 105 cm³/mol. The van der Waals surface area contributed by atoms with E-state index in [4.69, 9.17) is 17.0 Å². The summed E-state index contributed by atoms with van der Waals surface area (Å²) in [5, 5.41) is 0.426.